The van der Waals surface area contributed by atoms with E-state index in [4.69, 9.17) is 9.47 Å². The molecule has 3 rings (SSSR count). The zero-order valence-electron chi connectivity index (χ0n) is 15.1. The SMILES string of the molecule is COc1ccc(C(=O)N2CC[NH+](Cc3ccc(Br)cc3)CC2)cc1OC. The van der Waals surface area contributed by atoms with Crippen molar-refractivity contribution in [3.05, 3.63) is 58.1 Å². The number of amides is 1. The number of quaternary nitrogens is 1. The van der Waals surface area contributed by atoms with E-state index in [1.54, 1.807) is 32.4 Å². The van der Waals surface area contributed by atoms with Crippen LogP contribution in [0.25, 0.3) is 0 Å². The fourth-order valence-corrected chi connectivity index (χ4v) is 3.51. The van der Waals surface area contributed by atoms with Gasteiger partial charge < -0.3 is 19.3 Å². The number of rotatable bonds is 5. The Balaban J connectivity index is 1.59. The normalized spacial score (nSPS) is 15.0. The monoisotopic (exact) mass is 419 g/mol. The van der Waals surface area contributed by atoms with Crippen molar-refractivity contribution in [1.82, 2.24) is 4.90 Å². The Morgan fingerprint density at radius 1 is 1.04 bits per heavy atom. The molecule has 2 aromatic carbocycles. The van der Waals surface area contributed by atoms with E-state index in [0.29, 0.717) is 17.1 Å². The summed E-state index contributed by atoms with van der Waals surface area (Å²) in [6, 6.07) is 13.8. The van der Waals surface area contributed by atoms with Gasteiger partial charge in [0.05, 0.1) is 40.4 Å². The topological polar surface area (TPSA) is 43.2 Å². The van der Waals surface area contributed by atoms with Crippen LogP contribution in [-0.4, -0.2) is 51.2 Å². The van der Waals surface area contributed by atoms with Gasteiger partial charge in [-0.2, -0.15) is 0 Å². The summed E-state index contributed by atoms with van der Waals surface area (Å²) in [5.74, 6) is 1.26. The quantitative estimate of drug-likeness (QED) is 0.805. The van der Waals surface area contributed by atoms with Gasteiger partial charge in [0.2, 0.25) is 0 Å². The molecule has 0 radical (unpaired) electrons. The van der Waals surface area contributed by atoms with Crippen molar-refractivity contribution in [2.24, 2.45) is 0 Å². The molecule has 1 heterocycles. The predicted octanol–water partition coefficient (Wildman–Crippen LogP) is 2.01. The number of nitrogens with zero attached hydrogens (tertiary/aromatic N) is 1. The van der Waals surface area contributed by atoms with E-state index in [-0.39, 0.29) is 5.91 Å². The molecular formula is C20H24BrN2O3+. The minimum absolute atomic E-state index is 0.0497. The first-order chi connectivity index (χ1) is 12.6. The average molecular weight is 420 g/mol. The maximum absolute atomic E-state index is 12.8. The van der Waals surface area contributed by atoms with Gasteiger partial charge in [0.25, 0.3) is 5.91 Å². The number of hydrogen-bond acceptors (Lipinski definition) is 3. The number of halogens is 1. The molecule has 6 heteroatoms. The Morgan fingerprint density at radius 3 is 2.31 bits per heavy atom. The summed E-state index contributed by atoms with van der Waals surface area (Å²) in [6.45, 7) is 4.42. The fraction of sp³-hybridized carbons (Fsp3) is 0.350. The van der Waals surface area contributed by atoms with Crippen LogP contribution in [0.4, 0.5) is 0 Å². The molecule has 2 aromatic rings. The lowest BCUT2D eigenvalue weighted by atomic mass is 10.1. The summed E-state index contributed by atoms with van der Waals surface area (Å²) < 4.78 is 11.6. The number of carbonyl (C=O) groups is 1. The molecule has 0 aliphatic carbocycles. The van der Waals surface area contributed by atoms with Crippen LogP contribution in [-0.2, 0) is 6.54 Å². The van der Waals surface area contributed by atoms with E-state index >= 15 is 0 Å². The van der Waals surface area contributed by atoms with Crippen molar-refractivity contribution in [3.63, 3.8) is 0 Å². The number of carbonyl (C=O) groups excluding carboxylic acids is 1. The zero-order chi connectivity index (χ0) is 18.5. The molecule has 0 unspecified atom stereocenters. The summed E-state index contributed by atoms with van der Waals surface area (Å²) in [4.78, 5) is 16.2. The molecule has 26 heavy (non-hydrogen) atoms. The maximum atomic E-state index is 12.8. The number of benzene rings is 2. The molecule has 0 saturated carbocycles. The van der Waals surface area contributed by atoms with E-state index in [1.807, 2.05) is 4.90 Å². The Labute approximate surface area is 162 Å². The third kappa shape index (κ3) is 4.37. The van der Waals surface area contributed by atoms with E-state index in [1.165, 1.54) is 10.5 Å². The third-order valence-corrected chi connectivity index (χ3v) is 5.28. The second-order valence-corrected chi connectivity index (χ2v) is 7.33. The number of hydrogen-bond donors (Lipinski definition) is 1. The highest BCUT2D eigenvalue weighted by molar-refractivity contribution is 9.10. The standard InChI is InChI=1S/C20H23BrN2O3/c1-25-18-8-5-16(13-19(18)26-2)20(24)23-11-9-22(10-12-23)14-15-3-6-17(21)7-4-15/h3-8,13H,9-12,14H2,1-2H3/p+1. The van der Waals surface area contributed by atoms with Gasteiger partial charge in [0.1, 0.15) is 6.54 Å². The molecule has 1 amide bonds. The van der Waals surface area contributed by atoms with Crippen LogP contribution in [0.1, 0.15) is 15.9 Å². The lowest BCUT2D eigenvalue weighted by Gasteiger charge is -2.32. The first-order valence-electron chi connectivity index (χ1n) is 8.70. The summed E-state index contributed by atoms with van der Waals surface area (Å²) in [5.41, 5.74) is 1.96. The Bertz CT molecular complexity index is 756. The van der Waals surface area contributed by atoms with Crippen molar-refractivity contribution in [1.29, 1.82) is 0 Å². The van der Waals surface area contributed by atoms with Gasteiger partial charge in [-0.3, -0.25) is 4.79 Å². The average Bonchev–Trinajstić information content (AvgIpc) is 2.69. The number of ether oxygens (including phenoxy) is 2. The highest BCUT2D eigenvalue weighted by atomic mass is 79.9. The third-order valence-electron chi connectivity index (χ3n) is 4.76. The van der Waals surface area contributed by atoms with E-state index in [9.17, 15) is 4.79 Å². The number of piperazine rings is 1. The summed E-state index contributed by atoms with van der Waals surface area (Å²) >= 11 is 3.47. The molecule has 0 bridgehead atoms. The molecule has 1 aliphatic heterocycles. The highest BCUT2D eigenvalue weighted by Crippen LogP contribution is 2.28. The van der Waals surface area contributed by atoms with Gasteiger partial charge in [-0.25, -0.2) is 0 Å². The largest absolute Gasteiger partial charge is 0.493 e. The van der Waals surface area contributed by atoms with Crippen molar-refractivity contribution in [2.45, 2.75) is 6.54 Å². The van der Waals surface area contributed by atoms with Crippen LogP contribution < -0.4 is 14.4 Å². The van der Waals surface area contributed by atoms with Crippen LogP contribution >= 0.6 is 15.9 Å². The molecule has 1 aliphatic rings. The molecule has 138 valence electrons. The van der Waals surface area contributed by atoms with Crippen molar-refractivity contribution < 1.29 is 19.2 Å². The van der Waals surface area contributed by atoms with Crippen molar-refractivity contribution in [2.75, 3.05) is 40.4 Å². The first kappa shape index (κ1) is 18.7. The minimum Gasteiger partial charge on any atom is -0.493 e. The molecule has 0 atom stereocenters. The number of methoxy groups -OCH3 is 2. The second-order valence-electron chi connectivity index (χ2n) is 6.42. The molecule has 1 N–H and O–H groups in total. The predicted molar refractivity (Wildman–Crippen MR) is 104 cm³/mol. The Hall–Kier alpha value is -2.05. The van der Waals surface area contributed by atoms with Gasteiger partial charge in [-0.05, 0) is 30.3 Å². The number of nitrogens with one attached hydrogen (secondary N) is 1. The lowest BCUT2D eigenvalue weighted by molar-refractivity contribution is -0.917. The molecule has 0 aromatic heterocycles. The summed E-state index contributed by atoms with van der Waals surface area (Å²) in [5, 5.41) is 0. The van der Waals surface area contributed by atoms with Crippen molar-refractivity contribution >= 4 is 21.8 Å². The molecule has 1 fully saturated rings. The highest BCUT2D eigenvalue weighted by Gasteiger charge is 2.25. The van der Waals surface area contributed by atoms with Crippen LogP contribution in [0.3, 0.4) is 0 Å². The summed E-state index contributed by atoms with van der Waals surface area (Å²) in [6.07, 6.45) is 0. The molecule has 1 saturated heterocycles. The fourth-order valence-electron chi connectivity index (χ4n) is 3.25. The van der Waals surface area contributed by atoms with Crippen LogP contribution in [0.2, 0.25) is 0 Å². The van der Waals surface area contributed by atoms with Gasteiger partial charge in [-0.15, -0.1) is 0 Å². The Morgan fingerprint density at radius 2 is 1.69 bits per heavy atom. The van der Waals surface area contributed by atoms with Crippen LogP contribution in [0.15, 0.2) is 46.9 Å². The minimum atomic E-state index is 0.0497. The smallest absolute Gasteiger partial charge is 0.254 e. The molecule has 5 nitrogen and oxygen atoms in total. The van der Waals surface area contributed by atoms with Gasteiger partial charge in [-0.1, -0.05) is 28.1 Å². The molecule has 0 spiro atoms. The zero-order valence-corrected chi connectivity index (χ0v) is 16.7. The molecular weight excluding hydrogens is 396 g/mol. The van der Waals surface area contributed by atoms with E-state index in [0.717, 1.165) is 37.2 Å². The van der Waals surface area contributed by atoms with Gasteiger partial charge in [0, 0.05) is 15.6 Å². The van der Waals surface area contributed by atoms with E-state index < -0.39 is 0 Å². The summed E-state index contributed by atoms with van der Waals surface area (Å²) in [7, 11) is 3.17. The van der Waals surface area contributed by atoms with Gasteiger partial charge in [0.15, 0.2) is 11.5 Å². The Kier molecular flexibility index (Phi) is 6.16. The maximum Gasteiger partial charge on any atom is 0.254 e. The van der Waals surface area contributed by atoms with Crippen molar-refractivity contribution in [3.8, 4) is 11.5 Å². The first-order valence-corrected chi connectivity index (χ1v) is 9.49. The van der Waals surface area contributed by atoms with Crippen LogP contribution in [0, 0.1) is 0 Å². The van der Waals surface area contributed by atoms with Gasteiger partial charge >= 0.3 is 0 Å². The van der Waals surface area contributed by atoms with Crippen LogP contribution in [0.5, 0.6) is 11.5 Å². The van der Waals surface area contributed by atoms with E-state index in [2.05, 4.69) is 40.2 Å². The second kappa shape index (κ2) is 8.56. The lowest BCUT2D eigenvalue weighted by Crippen LogP contribution is -3.13.